The molecule has 1 aliphatic carbocycles. The number of benzene rings is 1. The van der Waals surface area contributed by atoms with E-state index >= 15 is 0 Å². The molecule has 0 atom stereocenters. The Morgan fingerprint density at radius 2 is 1.80 bits per heavy atom. The Bertz CT molecular complexity index is 531. The molecule has 1 aliphatic rings. The highest BCUT2D eigenvalue weighted by Gasteiger charge is 2.20. The predicted octanol–water partition coefficient (Wildman–Crippen LogP) is 3.16. The van der Waals surface area contributed by atoms with Crippen molar-refractivity contribution in [3.63, 3.8) is 0 Å². The largest absolute Gasteiger partial charge is 0.463 e. The van der Waals surface area contributed by atoms with Crippen LogP contribution >= 0.6 is 0 Å². The lowest BCUT2D eigenvalue weighted by molar-refractivity contribution is 0.282. The minimum atomic E-state index is 0.726. The molecule has 0 amide bonds. The summed E-state index contributed by atoms with van der Waals surface area (Å²) < 4.78 is 5.87. The van der Waals surface area contributed by atoms with E-state index in [9.17, 15) is 0 Å². The van der Waals surface area contributed by atoms with E-state index in [1.807, 2.05) is 0 Å². The summed E-state index contributed by atoms with van der Waals surface area (Å²) in [6.07, 6.45) is 2.63. The molecule has 0 bridgehead atoms. The van der Waals surface area contributed by atoms with Gasteiger partial charge in [0.05, 0.1) is 13.1 Å². The quantitative estimate of drug-likeness (QED) is 0.837. The summed E-state index contributed by atoms with van der Waals surface area (Å²) in [5, 5.41) is 3.47. The van der Waals surface area contributed by atoms with Crippen LogP contribution in [0.4, 0.5) is 0 Å². The van der Waals surface area contributed by atoms with Crippen molar-refractivity contribution in [3.05, 3.63) is 59.5 Å². The van der Waals surface area contributed by atoms with Gasteiger partial charge in [-0.1, -0.05) is 30.3 Å². The summed E-state index contributed by atoms with van der Waals surface area (Å²) >= 11 is 0. The zero-order valence-electron chi connectivity index (χ0n) is 12.0. The summed E-state index contributed by atoms with van der Waals surface area (Å²) in [5.74, 6) is 2.08. The standard InChI is InChI=1S/C17H22N2O/c1-19(12-14-5-3-2-4-6-14)13-17-10-9-16(20-17)11-18-15-7-8-15/h2-6,9-10,15,18H,7-8,11-13H2,1H3. The van der Waals surface area contributed by atoms with Gasteiger partial charge in [-0.15, -0.1) is 0 Å². The molecule has 0 aliphatic heterocycles. The minimum Gasteiger partial charge on any atom is -0.463 e. The van der Waals surface area contributed by atoms with Crippen LogP contribution in [-0.2, 0) is 19.6 Å². The molecule has 1 saturated carbocycles. The lowest BCUT2D eigenvalue weighted by Gasteiger charge is -2.15. The fourth-order valence-corrected chi connectivity index (χ4v) is 2.35. The van der Waals surface area contributed by atoms with E-state index in [4.69, 9.17) is 4.42 Å². The molecule has 1 heterocycles. The van der Waals surface area contributed by atoms with Crippen molar-refractivity contribution in [1.82, 2.24) is 10.2 Å². The molecule has 0 unspecified atom stereocenters. The lowest BCUT2D eigenvalue weighted by atomic mass is 10.2. The van der Waals surface area contributed by atoms with E-state index in [1.54, 1.807) is 0 Å². The highest BCUT2D eigenvalue weighted by molar-refractivity contribution is 5.14. The summed E-state index contributed by atoms with van der Waals surface area (Å²) in [5.41, 5.74) is 1.33. The molecular weight excluding hydrogens is 248 g/mol. The van der Waals surface area contributed by atoms with Crippen molar-refractivity contribution in [2.24, 2.45) is 0 Å². The molecule has 1 fully saturated rings. The average molecular weight is 270 g/mol. The van der Waals surface area contributed by atoms with Gasteiger partial charge in [0.1, 0.15) is 11.5 Å². The first-order chi connectivity index (χ1) is 9.79. The molecule has 1 N–H and O–H groups in total. The maximum Gasteiger partial charge on any atom is 0.118 e. The second-order valence-electron chi connectivity index (χ2n) is 5.68. The Balaban J connectivity index is 1.49. The van der Waals surface area contributed by atoms with Crippen molar-refractivity contribution < 1.29 is 4.42 Å². The Morgan fingerprint density at radius 3 is 2.55 bits per heavy atom. The molecule has 0 radical (unpaired) electrons. The molecule has 1 aromatic carbocycles. The van der Waals surface area contributed by atoms with E-state index in [0.717, 1.165) is 37.2 Å². The Hall–Kier alpha value is -1.58. The van der Waals surface area contributed by atoms with Crippen molar-refractivity contribution in [1.29, 1.82) is 0 Å². The molecule has 2 aromatic rings. The second kappa shape index (κ2) is 6.25. The summed E-state index contributed by atoms with van der Waals surface area (Å²) in [4.78, 5) is 2.27. The van der Waals surface area contributed by atoms with E-state index in [1.165, 1.54) is 18.4 Å². The number of hydrogen-bond donors (Lipinski definition) is 1. The van der Waals surface area contributed by atoms with Gasteiger partial charge in [-0.25, -0.2) is 0 Å². The van der Waals surface area contributed by atoms with Gasteiger partial charge in [-0.3, -0.25) is 4.90 Å². The number of nitrogens with zero attached hydrogens (tertiary/aromatic N) is 1. The van der Waals surface area contributed by atoms with Gasteiger partial charge < -0.3 is 9.73 Å². The van der Waals surface area contributed by atoms with Crippen LogP contribution in [0.15, 0.2) is 46.9 Å². The average Bonchev–Trinajstić information content (AvgIpc) is 3.18. The van der Waals surface area contributed by atoms with Crippen LogP contribution in [0.1, 0.15) is 29.9 Å². The first-order valence-electron chi connectivity index (χ1n) is 7.33. The van der Waals surface area contributed by atoms with Crippen LogP contribution in [0.2, 0.25) is 0 Å². The van der Waals surface area contributed by atoms with Crippen molar-refractivity contribution in [2.45, 2.75) is 38.5 Å². The van der Waals surface area contributed by atoms with Gasteiger partial charge in [0, 0.05) is 12.6 Å². The third-order valence-corrected chi connectivity index (χ3v) is 3.58. The van der Waals surface area contributed by atoms with Gasteiger partial charge >= 0.3 is 0 Å². The van der Waals surface area contributed by atoms with E-state index in [-0.39, 0.29) is 0 Å². The first kappa shape index (κ1) is 13.4. The summed E-state index contributed by atoms with van der Waals surface area (Å²) in [6.45, 7) is 2.64. The van der Waals surface area contributed by atoms with Crippen molar-refractivity contribution in [2.75, 3.05) is 7.05 Å². The minimum absolute atomic E-state index is 0.726. The lowest BCUT2D eigenvalue weighted by Crippen LogP contribution is -2.17. The van der Waals surface area contributed by atoms with Gasteiger partial charge in [-0.05, 0) is 37.6 Å². The molecular formula is C17H22N2O. The van der Waals surface area contributed by atoms with Crippen LogP contribution in [0.5, 0.6) is 0 Å². The van der Waals surface area contributed by atoms with Gasteiger partial charge in [-0.2, -0.15) is 0 Å². The van der Waals surface area contributed by atoms with Crippen LogP contribution in [0.25, 0.3) is 0 Å². The predicted molar refractivity (Wildman–Crippen MR) is 80.2 cm³/mol. The van der Waals surface area contributed by atoms with Crippen LogP contribution in [0, 0.1) is 0 Å². The van der Waals surface area contributed by atoms with Gasteiger partial charge in [0.2, 0.25) is 0 Å². The van der Waals surface area contributed by atoms with Crippen LogP contribution < -0.4 is 5.32 Å². The van der Waals surface area contributed by atoms with Crippen LogP contribution in [0.3, 0.4) is 0 Å². The van der Waals surface area contributed by atoms with E-state index in [2.05, 4.69) is 59.7 Å². The molecule has 106 valence electrons. The topological polar surface area (TPSA) is 28.4 Å². The molecule has 0 spiro atoms. The highest BCUT2D eigenvalue weighted by Crippen LogP contribution is 2.20. The smallest absolute Gasteiger partial charge is 0.118 e. The molecule has 0 saturated heterocycles. The monoisotopic (exact) mass is 270 g/mol. The fraction of sp³-hybridized carbons (Fsp3) is 0.412. The maximum absolute atomic E-state index is 5.87. The molecule has 3 heteroatoms. The molecule has 3 nitrogen and oxygen atoms in total. The number of hydrogen-bond acceptors (Lipinski definition) is 3. The van der Waals surface area contributed by atoms with Gasteiger partial charge in [0.25, 0.3) is 0 Å². The molecule has 3 rings (SSSR count). The fourth-order valence-electron chi connectivity index (χ4n) is 2.35. The first-order valence-corrected chi connectivity index (χ1v) is 7.33. The van der Waals surface area contributed by atoms with Gasteiger partial charge in [0.15, 0.2) is 0 Å². The Labute approximate surface area is 120 Å². The summed E-state index contributed by atoms with van der Waals surface area (Å²) in [6, 6.07) is 15.4. The van der Waals surface area contributed by atoms with Crippen molar-refractivity contribution >= 4 is 0 Å². The third kappa shape index (κ3) is 3.95. The van der Waals surface area contributed by atoms with E-state index in [0.29, 0.717) is 0 Å². The maximum atomic E-state index is 5.87. The molecule has 20 heavy (non-hydrogen) atoms. The van der Waals surface area contributed by atoms with Crippen LogP contribution in [-0.4, -0.2) is 18.0 Å². The SMILES string of the molecule is CN(Cc1ccccc1)Cc1ccc(CNC2CC2)o1. The zero-order chi connectivity index (χ0) is 13.8. The summed E-state index contributed by atoms with van der Waals surface area (Å²) in [7, 11) is 2.12. The Morgan fingerprint density at radius 1 is 1.05 bits per heavy atom. The highest BCUT2D eigenvalue weighted by atomic mass is 16.3. The molecule has 1 aromatic heterocycles. The zero-order valence-corrected chi connectivity index (χ0v) is 12.0. The Kier molecular flexibility index (Phi) is 4.19. The third-order valence-electron chi connectivity index (χ3n) is 3.58. The normalized spacial score (nSPS) is 14.9. The van der Waals surface area contributed by atoms with Crippen molar-refractivity contribution in [3.8, 4) is 0 Å². The number of nitrogens with one attached hydrogen (secondary N) is 1. The number of rotatable bonds is 7. The van der Waals surface area contributed by atoms with E-state index < -0.39 is 0 Å². The number of furan rings is 1. The second-order valence-corrected chi connectivity index (χ2v) is 5.68.